The Kier molecular flexibility index (Phi) is 3.62. The van der Waals surface area contributed by atoms with Crippen LogP contribution in [0.2, 0.25) is 0 Å². The summed E-state index contributed by atoms with van der Waals surface area (Å²) in [5.74, 6) is 3.29. The summed E-state index contributed by atoms with van der Waals surface area (Å²) in [6.45, 7) is 6.49. The van der Waals surface area contributed by atoms with E-state index in [0.717, 1.165) is 32.1 Å². The molecule has 0 unspecified atom stereocenters. The van der Waals surface area contributed by atoms with Crippen molar-refractivity contribution in [2.24, 2.45) is 0 Å². The van der Waals surface area contributed by atoms with E-state index in [1.807, 2.05) is 11.5 Å². The highest BCUT2D eigenvalue weighted by Crippen LogP contribution is 2.20. The normalized spacial score (nSPS) is 15.3. The number of aryl methyl sites for hydroxylation is 1. The number of aromatic nitrogens is 4. The monoisotopic (exact) mass is 286 g/mol. The van der Waals surface area contributed by atoms with Crippen molar-refractivity contribution in [2.75, 3.05) is 31.1 Å². The van der Waals surface area contributed by atoms with Gasteiger partial charge in [0.15, 0.2) is 0 Å². The lowest BCUT2D eigenvalue weighted by molar-refractivity contribution is 0.569. The Morgan fingerprint density at radius 1 is 1.43 bits per heavy atom. The van der Waals surface area contributed by atoms with Crippen LogP contribution in [0.4, 0.5) is 5.95 Å². The van der Waals surface area contributed by atoms with Gasteiger partial charge in [-0.2, -0.15) is 5.10 Å². The van der Waals surface area contributed by atoms with Gasteiger partial charge in [0.2, 0.25) is 5.95 Å². The Labute approximate surface area is 122 Å². The Morgan fingerprint density at radius 2 is 2.19 bits per heavy atom. The zero-order valence-corrected chi connectivity index (χ0v) is 12.0. The number of fused-ring (bicyclic) bond motifs is 1. The first-order chi connectivity index (χ1) is 10.3. The van der Waals surface area contributed by atoms with Gasteiger partial charge < -0.3 is 14.8 Å². The van der Waals surface area contributed by atoms with Gasteiger partial charge in [0, 0.05) is 32.7 Å². The minimum absolute atomic E-state index is 0.173. The predicted molar refractivity (Wildman–Crippen MR) is 81.4 cm³/mol. The molecule has 0 radical (unpaired) electrons. The summed E-state index contributed by atoms with van der Waals surface area (Å²) in [6, 6.07) is 0. The fraction of sp³-hybridized carbons (Fsp3) is 0.500. The molecule has 21 heavy (non-hydrogen) atoms. The molecule has 0 atom stereocenters. The van der Waals surface area contributed by atoms with E-state index in [9.17, 15) is 4.79 Å². The van der Waals surface area contributed by atoms with Gasteiger partial charge in [-0.25, -0.2) is 9.67 Å². The second-order valence-corrected chi connectivity index (χ2v) is 4.94. The highest BCUT2D eigenvalue weighted by molar-refractivity contribution is 5.77. The van der Waals surface area contributed by atoms with Crippen molar-refractivity contribution in [1.82, 2.24) is 24.6 Å². The van der Waals surface area contributed by atoms with E-state index in [0.29, 0.717) is 17.6 Å². The highest BCUT2D eigenvalue weighted by Gasteiger charge is 2.20. The minimum Gasteiger partial charge on any atom is -0.340 e. The molecule has 3 heterocycles. The molecule has 1 aliphatic heterocycles. The maximum atomic E-state index is 12.5. The van der Waals surface area contributed by atoms with Crippen LogP contribution in [0.1, 0.15) is 6.92 Å². The third kappa shape index (κ3) is 2.28. The van der Waals surface area contributed by atoms with Gasteiger partial charge in [0.25, 0.3) is 5.56 Å². The first-order valence-corrected chi connectivity index (χ1v) is 7.11. The molecule has 0 amide bonds. The van der Waals surface area contributed by atoms with Crippen molar-refractivity contribution in [3.05, 3.63) is 16.6 Å². The van der Waals surface area contributed by atoms with Crippen LogP contribution in [0.3, 0.4) is 0 Å². The minimum atomic E-state index is -0.179. The molecule has 0 aliphatic carbocycles. The smallest absolute Gasteiger partial charge is 0.293 e. The van der Waals surface area contributed by atoms with E-state index < -0.39 is 0 Å². The van der Waals surface area contributed by atoms with Crippen molar-refractivity contribution in [1.29, 1.82) is 0 Å². The van der Waals surface area contributed by atoms with Crippen LogP contribution in [0.5, 0.6) is 0 Å². The topological polar surface area (TPSA) is 68.0 Å². The van der Waals surface area contributed by atoms with Crippen LogP contribution in [0.25, 0.3) is 11.0 Å². The molecule has 0 saturated carbocycles. The third-order valence-corrected chi connectivity index (χ3v) is 3.69. The number of piperazine rings is 1. The standard InChI is InChI=1S/C14H18N6O/c1-3-7-20-13(21)12-11(10-16-20)17-14(19(12)4-2)18-8-5-15-6-9-18/h1,10,15H,4-9H2,2H3. The van der Waals surface area contributed by atoms with Crippen molar-refractivity contribution >= 4 is 17.0 Å². The molecule has 2 aromatic heterocycles. The van der Waals surface area contributed by atoms with Gasteiger partial charge in [0.05, 0.1) is 6.20 Å². The lowest BCUT2D eigenvalue weighted by Crippen LogP contribution is -2.44. The number of nitrogens with zero attached hydrogens (tertiary/aromatic N) is 5. The molecule has 0 aromatic carbocycles. The average Bonchev–Trinajstić information content (AvgIpc) is 2.90. The summed E-state index contributed by atoms with van der Waals surface area (Å²) in [4.78, 5) is 19.3. The molecule has 7 heteroatoms. The zero-order chi connectivity index (χ0) is 14.8. The molecule has 2 aromatic rings. The molecule has 7 nitrogen and oxygen atoms in total. The molecule has 3 rings (SSSR count). The first-order valence-electron chi connectivity index (χ1n) is 7.11. The molecule has 0 bridgehead atoms. The fourth-order valence-electron chi connectivity index (χ4n) is 2.68. The third-order valence-electron chi connectivity index (χ3n) is 3.69. The summed E-state index contributed by atoms with van der Waals surface area (Å²) in [7, 11) is 0. The second kappa shape index (κ2) is 5.58. The second-order valence-electron chi connectivity index (χ2n) is 4.94. The predicted octanol–water partition coefficient (Wildman–Crippen LogP) is -0.344. The zero-order valence-electron chi connectivity index (χ0n) is 12.0. The van der Waals surface area contributed by atoms with Crippen LogP contribution in [-0.2, 0) is 13.1 Å². The quantitative estimate of drug-likeness (QED) is 0.782. The van der Waals surface area contributed by atoms with Crippen LogP contribution in [-0.4, -0.2) is 45.5 Å². The van der Waals surface area contributed by atoms with Crippen LogP contribution in [0.15, 0.2) is 11.0 Å². The Morgan fingerprint density at radius 3 is 2.86 bits per heavy atom. The molecule has 110 valence electrons. The maximum Gasteiger partial charge on any atom is 0.293 e. The number of anilines is 1. The average molecular weight is 286 g/mol. The molecule has 1 fully saturated rings. The Balaban J connectivity index is 2.16. The van der Waals surface area contributed by atoms with E-state index in [1.54, 1.807) is 6.20 Å². The largest absolute Gasteiger partial charge is 0.340 e. The van der Waals surface area contributed by atoms with Gasteiger partial charge in [0.1, 0.15) is 17.6 Å². The Hall–Kier alpha value is -2.33. The van der Waals surface area contributed by atoms with E-state index in [-0.39, 0.29) is 12.1 Å². The fourth-order valence-corrected chi connectivity index (χ4v) is 2.68. The lowest BCUT2D eigenvalue weighted by atomic mass is 10.4. The first kappa shape index (κ1) is 13.6. The summed E-state index contributed by atoms with van der Waals surface area (Å²) in [5, 5.41) is 7.40. The van der Waals surface area contributed by atoms with Crippen molar-refractivity contribution < 1.29 is 0 Å². The van der Waals surface area contributed by atoms with Crippen molar-refractivity contribution in [2.45, 2.75) is 20.0 Å². The number of hydrogen-bond donors (Lipinski definition) is 1. The number of rotatable bonds is 3. The highest BCUT2D eigenvalue weighted by atomic mass is 16.1. The SMILES string of the molecule is C#CCn1ncc2nc(N3CCNCC3)n(CC)c2c1=O. The van der Waals surface area contributed by atoms with Crippen LogP contribution < -0.4 is 15.8 Å². The maximum absolute atomic E-state index is 12.5. The van der Waals surface area contributed by atoms with E-state index in [4.69, 9.17) is 6.42 Å². The van der Waals surface area contributed by atoms with Crippen molar-refractivity contribution in [3.8, 4) is 12.3 Å². The number of terminal acetylenes is 1. The molecular formula is C14H18N6O. The van der Waals surface area contributed by atoms with Crippen molar-refractivity contribution in [3.63, 3.8) is 0 Å². The summed E-state index contributed by atoms with van der Waals surface area (Å²) in [5.41, 5.74) is 1.03. The van der Waals surface area contributed by atoms with Gasteiger partial charge in [-0.15, -0.1) is 6.42 Å². The number of nitrogens with one attached hydrogen (secondary N) is 1. The Bertz CT molecular complexity index is 747. The molecule has 1 aliphatic rings. The molecular weight excluding hydrogens is 268 g/mol. The number of imidazole rings is 1. The molecule has 1 saturated heterocycles. The van der Waals surface area contributed by atoms with Crippen LogP contribution >= 0.6 is 0 Å². The van der Waals surface area contributed by atoms with E-state index in [1.165, 1.54) is 4.68 Å². The van der Waals surface area contributed by atoms with Crippen LogP contribution in [0, 0.1) is 12.3 Å². The van der Waals surface area contributed by atoms with Gasteiger partial charge >= 0.3 is 0 Å². The summed E-state index contributed by atoms with van der Waals surface area (Å²) in [6.07, 6.45) is 6.90. The summed E-state index contributed by atoms with van der Waals surface area (Å²) < 4.78 is 3.26. The van der Waals surface area contributed by atoms with E-state index in [2.05, 4.69) is 26.2 Å². The molecule has 1 N–H and O–H groups in total. The van der Waals surface area contributed by atoms with Gasteiger partial charge in [-0.05, 0) is 6.92 Å². The van der Waals surface area contributed by atoms with E-state index >= 15 is 0 Å². The number of hydrogen-bond acceptors (Lipinski definition) is 5. The lowest BCUT2D eigenvalue weighted by Gasteiger charge is -2.28. The van der Waals surface area contributed by atoms with Gasteiger partial charge in [-0.1, -0.05) is 5.92 Å². The van der Waals surface area contributed by atoms with Gasteiger partial charge in [-0.3, -0.25) is 4.79 Å². The molecule has 0 spiro atoms. The summed E-state index contributed by atoms with van der Waals surface area (Å²) >= 11 is 0.